The van der Waals surface area contributed by atoms with Crippen LogP contribution in [0, 0.1) is 5.92 Å². The molecule has 17 heavy (non-hydrogen) atoms. The molecule has 0 bridgehead atoms. The van der Waals surface area contributed by atoms with Gasteiger partial charge in [-0.1, -0.05) is 13.0 Å². The van der Waals surface area contributed by atoms with Gasteiger partial charge in [0.2, 0.25) is 0 Å². The molecular formula is C10H12N4O2S. The zero-order chi connectivity index (χ0) is 12.3. The third-order valence-corrected chi connectivity index (χ3v) is 3.26. The summed E-state index contributed by atoms with van der Waals surface area (Å²) < 4.78 is 1.55. The number of hydrogen-bond acceptors (Lipinski definition) is 5. The van der Waals surface area contributed by atoms with Crippen molar-refractivity contribution in [3.05, 3.63) is 28.2 Å². The van der Waals surface area contributed by atoms with Gasteiger partial charge in [-0.05, 0) is 21.9 Å². The molecule has 0 saturated heterocycles. The van der Waals surface area contributed by atoms with Gasteiger partial charge in [-0.3, -0.25) is 4.79 Å². The molecule has 6 nitrogen and oxygen atoms in total. The van der Waals surface area contributed by atoms with Crippen LogP contribution >= 0.6 is 11.3 Å². The molecule has 2 aromatic rings. The SMILES string of the molecule is CC(Cn1nnnc1Cc1cccs1)C(=O)O. The normalized spacial score (nSPS) is 12.5. The monoisotopic (exact) mass is 252 g/mol. The Bertz CT molecular complexity index is 494. The Morgan fingerprint density at radius 3 is 3.12 bits per heavy atom. The van der Waals surface area contributed by atoms with Gasteiger partial charge in [-0.15, -0.1) is 16.4 Å². The van der Waals surface area contributed by atoms with Gasteiger partial charge in [-0.2, -0.15) is 0 Å². The molecule has 2 heterocycles. The molecule has 0 aliphatic carbocycles. The molecular weight excluding hydrogens is 240 g/mol. The number of rotatable bonds is 5. The molecule has 0 fully saturated rings. The predicted octanol–water partition coefficient (Wildman–Crippen LogP) is 1.05. The van der Waals surface area contributed by atoms with Crippen molar-refractivity contribution >= 4 is 17.3 Å². The summed E-state index contributed by atoms with van der Waals surface area (Å²) in [6, 6.07) is 3.97. The molecule has 1 unspecified atom stereocenters. The zero-order valence-electron chi connectivity index (χ0n) is 9.28. The number of aliphatic carboxylic acids is 1. The van der Waals surface area contributed by atoms with E-state index in [2.05, 4.69) is 15.5 Å². The summed E-state index contributed by atoms with van der Waals surface area (Å²) in [4.78, 5) is 11.9. The molecule has 0 amide bonds. The molecule has 90 valence electrons. The summed E-state index contributed by atoms with van der Waals surface area (Å²) in [6.07, 6.45) is 0.636. The minimum Gasteiger partial charge on any atom is -0.481 e. The highest BCUT2D eigenvalue weighted by Gasteiger charge is 2.15. The van der Waals surface area contributed by atoms with Crippen LogP contribution in [0.3, 0.4) is 0 Å². The summed E-state index contributed by atoms with van der Waals surface area (Å²) in [7, 11) is 0. The Labute approximate surface area is 102 Å². The van der Waals surface area contributed by atoms with Gasteiger partial charge in [0.05, 0.1) is 12.5 Å². The topological polar surface area (TPSA) is 80.9 Å². The first-order valence-electron chi connectivity index (χ1n) is 5.17. The van der Waals surface area contributed by atoms with E-state index in [1.54, 1.807) is 22.9 Å². The van der Waals surface area contributed by atoms with E-state index in [0.29, 0.717) is 18.8 Å². The number of nitrogens with zero attached hydrogens (tertiary/aromatic N) is 4. The van der Waals surface area contributed by atoms with E-state index in [0.717, 1.165) is 4.88 Å². The number of carboxylic acids is 1. The van der Waals surface area contributed by atoms with Crippen molar-refractivity contribution in [1.82, 2.24) is 20.2 Å². The fraction of sp³-hybridized carbons (Fsp3) is 0.400. The summed E-state index contributed by atoms with van der Waals surface area (Å²) >= 11 is 1.63. The first-order valence-corrected chi connectivity index (χ1v) is 6.05. The smallest absolute Gasteiger partial charge is 0.308 e. The minimum atomic E-state index is -0.845. The lowest BCUT2D eigenvalue weighted by atomic mass is 10.2. The van der Waals surface area contributed by atoms with Gasteiger partial charge < -0.3 is 5.11 Å². The van der Waals surface area contributed by atoms with Crippen molar-refractivity contribution in [1.29, 1.82) is 0 Å². The molecule has 0 aliphatic rings. The van der Waals surface area contributed by atoms with Gasteiger partial charge in [0.15, 0.2) is 5.82 Å². The minimum absolute atomic E-state index is 0.295. The third kappa shape index (κ3) is 2.88. The molecule has 0 saturated carbocycles. The quantitative estimate of drug-likeness (QED) is 0.860. The summed E-state index contributed by atoms with van der Waals surface area (Å²) in [5.41, 5.74) is 0. The van der Waals surface area contributed by atoms with Crippen molar-refractivity contribution < 1.29 is 9.90 Å². The Morgan fingerprint density at radius 1 is 1.65 bits per heavy atom. The predicted molar refractivity (Wildman–Crippen MR) is 61.7 cm³/mol. The van der Waals surface area contributed by atoms with Crippen LogP contribution in [-0.4, -0.2) is 31.3 Å². The van der Waals surface area contributed by atoms with E-state index in [1.807, 2.05) is 17.5 Å². The highest BCUT2D eigenvalue weighted by molar-refractivity contribution is 7.09. The second kappa shape index (κ2) is 5.05. The van der Waals surface area contributed by atoms with Crippen molar-refractivity contribution in [2.24, 2.45) is 5.92 Å². The van der Waals surface area contributed by atoms with Gasteiger partial charge in [0, 0.05) is 11.3 Å². The van der Waals surface area contributed by atoms with Crippen LogP contribution in [0.25, 0.3) is 0 Å². The first-order chi connectivity index (χ1) is 8.16. The van der Waals surface area contributed by atoms with E-state index in [9.17, 15) is 4.79 Å². The van der Waals surface area contributed by atoms with Crippen LogP contribution in [0.4, 0.5) is 0 Å². The second-order valence-corrected chi connectivity index (χ2v) is 4.80. The molecule has 7 heteroatoms. The number of hydrogen-bond donors (Lipinski definition) is 1. The van der Waals surface area contributed by atoms with Crippen LogP contribution in [0.15, 0.2) is 17.5 Å². The Hall–Kier alpha value is -1.76. The van der Waals surface area contributed by atoms with E-state index >= 15 is 0 Å². The second-order valence-electron chi connectivity index (χ2n) is 3.77. The Kier molecular flexibility index (Phi) is 3.48. The largest absolute Gasteiger partial charge is 0.481 e. The van der Waals surface area contributed by atoms with E-state index in [1.165, 1.54) is 0 Å². The Morgan fingerprint density at radius 2 is 2.47 bits per heavy atom. The lowest BCUT2D eigenvalue weighted by molar-refractivity contribution is -0.141. The number of aromatic nitrogens is 4. The van der Waals surface area contributed by atoms with Crippen LogP contribution in [0.1, 0.15) is 17.6 Å². The van der Waals surface area contributed by atoms with E-state index in [-0.39, 0.29) is 0 Å². The number of tetrazole rings is 1. The van der Waals surface area contributed by atoms with E-state index < -0.39 is 11.9 Å². The highest BCUT2D eigenvalue weighted by atomic mass is 32.1. The Balaban J connectivity index is 2.09. The summed E-state index contributed by atoms with van der Waals surface area (Å²) in [6.45, 7) is 1.93. The van der Waals surface area contributed by atoms with Crippen LogP contribution in [0.5, 0.6) is 0 Å². The van der Waals surface area contributed by atoms with Crippen LogP contribution in [0.2, 0.25) is 0 Å². The molecule has 1 atom stereocenters. The van der Waals surface area contributed by atoms with Crippen molar-refractivity contribution in [2.45, 2.75) is 19.9 Å². The first kappa shape index (κ1) is 11.7. The fourth-order valence-corrected chi connectivity index (χ4v) is 2.10. The zero-order valence-corrected chi connectivity index (χ0v) is 10.1. The molecule has 2 rings (SSSR count). The fourth-order valence-electron chi connectivity index (χ4n) is 1.40. The van der Waals surface area contributed by atoms with Crippen molar-refractivity contribution in [2.75, 3.05) is 0 Å². The maximum absolute atomic E-state index is 10.8. The molecule has 0 aromatic carbocycles. The number of thiophene rings is 1. The van der Waals surface area contributed by atoms with Crippen LogP contribution in [-0.2, 0) is 17.8 Å². The molecule has 2 aromatic heterocycles. The molecule has 0 aliphatic heterocycles. The van der Waals surface area contributed by atoms with Crippen molar-refractivity contribution in [3.63, 3.8) is 0 Å². The van der Waals surface area contributed by atoms with Gasteiger partial charge >= 0.3 is 5.97 Å². The average molecular weight is 252 g/mol. The lowest BCUT2D eigenvalue weighted by Gasteiger charge is -2.07. The summed E-state index contributed by atoms with van der Waals surface area (Å²) in [5.74, 6) is -0.649. The average Bonchev–Trinajstić information content (AvgIpc) is 2.91. The molecule has 1 N–H and O–H groups in total. The number of carbonyl (C=O) groups is 1. The maximum atomic E-state index is 10.8. The molecule has 0 spiro atoms. The molecule has 0 radical (unpaired) electrons. The van der Waals surface area contributed by atoms with Gasteiger partial charge in [0.1, 0.15) is 0 Å². The third-order valence-electron chi connectivity index (χ3n) is 2.39. The van der Waals surface area contributed by atoms with Gasteiger partial charge in [0.25, 0.3) is 0 Å². The number of carboxylic acid groups (broad SMARTS) is 1. The highest BCUT2D eigenvalue weighted by Crippen LogP contribution is 2.13. The maximum Gasteiger partial charge on any atom is 0.308 e. The van der Waals surface area contributed by atoms with Gasteiger partial charge in [-0.25, -0.2) is 4.68 Å². The van der Waals surface area contributed by atoms with Crippen molar-refractivity contribution in [3.8, 4) is 0 Å². The van der Waals surface area contributed by atoms with Crippen LogP contribution < -0.4 is 0 Å². The summed E-state index contributed by atoms with van der Waals surface area (Å²) in [5, 5.41) is 22.2. The van der Waals surface area contributed by atoms with E-state index in [4.69, 9.17) is 5.11 Å². The lowest BCUT2D eigenvalue weighted by Crippen LogP contribution is -2.19. The standard InChI is InChI=1S/C10H12N4O2S/c1-7(10(15)16)6-14-9(11-12-13-14)5-8-3-2-4-17-8/h2-4,7H,5-6H2,1H3,(H,15,16).